The van der Waals surface area contributed by atoms with E-state index in [-0.39, 0.29) is 0 Å². The molecule has 0 amide bonds. The van der Waals surface area contributed by atoms with E-state index >= 15 is 0 Å². The Bertz CT molecular complexity index is 2430. The second-order valence-electron chi connectivity index (χ2n) is 11.4. The van der Waals surface area contributed by atoms with E-state index in [1.165, 1.54) is 63.6 Å². The molecule has 44 heavy (non-hydrogen) atoms. The summed E-state index contributed by atoms with van der Waals surface area (Å²) >= 11 is 1.89. The summed E-state index contributed by atoms with van der Waals surface area (Å²) in [6.45, 7) is 0. The van der Waals surface area contributed by atoms with E-state index in [2.05, 4.69) is 169 Å². The molecule has 0 atom stereocenters. The summed E-state index contributed by atoms with van der Waals surface area (Å²) in [7, 11) is 0. The molecule has 2 heteroatoms. The van der Waals surface area contributed by atoms with Crippen molar-refractivity contribution in [1.29, 1.82) is 0 Å². The van der Waals surface area contributed by atoms with Gasteiger partial charge in [0, 0.05) is 42.6 Å². The summed E-state index contributed by atoms with van der Waals surface area (Å²) in [6, 6.07) is 59.8. The van der Waals surface area contributed by atoms with Crippen molar-refractivity contribution in [3.8, 4) is 11.1 Å². The van der Waals surface area contributed by atoms with Crippen molar-refractivity contribution in [2.24, 2.45) is 0 Å². The number of nitrogens with zero attached hydrogens (tertiary/aromatic N) is 1. The zero-order valence-electron chi connectivity index (χ0n) is 23.9. The molecule has 0 bridgehead atoms. The highest BCUT2D eigenvalue weighted by Gasteiger charge is 2.18. The summed E-state index contributed by atoms with van der Waals surface area (Å²) in [4.78, 5) is 2.40. The summed E-state index contributed by atoms with van der Waals surface area (Å²) in [5, 5.41) is 10.2. The number of thiophene rings is 1. The summed E-state index contributed by atoms with van der Waals surface area (Å²) in [5.74, 6) is 0. The van der Waals surface area contributed by atoms with Crippen LogP contribution in [0.5, 0.6) is 0 Å². The van der Waals surface area contributed by atoms with Crippen LogP contribution in [0.15, 0.2) is 164 Å². The Labute approximate surface area is 259 Å². The average molecular weight is 578 g/mol. The van der Waals surface area contributed by atoms with E-state index < -0.39 is 0 Å². The van der Waals surface area contributed by atoms with Gasteiger partial charge in [0.2, 0.25) is 0 Å². The van der Waals surface area contributed by atoms with Gasteiger partial charge < -0.3 is 4.90 Å². The van der Waals surface area contributed by atoms with Crippen LogP contribution in [0.4, 0.5) is 17.1 Å². The van der Waals surface area contributed by atoms with E-state index in [0.717, 1.165) is 17.1 Å². The Kier molecular flexibility index (Phi) is 5.75. The van der Waals surface area contributed by atoms with Crippen LogP contribution in [0.2, 0.25) is 0 Å². The Morgan fingerprint density at radius 2 is 0.909 bits per heavy atom. The first kappa shape index (κ1) is 25.1. The molecule has 8 aromatic carbocycles. The number of benzene rings is 8. The van der Waals surface area contributed by atoms with Crippen molar-refractivity contribution in [2.75, 3.05) is 4.90 Å². The van der Waals surface area contributed by atoms with Gasteiger partial charge in [0.25, 0.3) is 0 Å². The van der Waals surface area contributed by atoms with Crippen LogP contribution in [-0.2, 0) is 0 Å². The Morgan fingerprint density at radius 1 is 0.364 bits per heavy atom. The van der Waals surface area contributed by atoms with Gasteiger partial charge in [-0.05, 0) is 86.6 Å². The number of fused-ring (bicyclic) bond motifs is 7. The molecule has 0 unspecified atom stereocenters. The first-order valence-electron chi connectivity index (χ1n) is 15.0. The fourth-order valence-corrected chi connectivity index (χ4v) is 7.86. The maximum atomic E-state index is 2.41. The van der Waals surface area contributed by atoms with Crippen molar-refractivity contribution < 1.29 is 0 Å². The third-order valence-corrected chi connectivity index (χ3v) is 10.0. The first-order chi connectivity index (χ1) is 21.8. The molecular weight excluding hydrogens is 551 g/mol. The second-order valence-corrected chi connectivity index (χ2v) is 12.4. The zero-order chi connectivity index (χ0) is 29.0. The Morgan fingerprint density at radius 3 is 1.59 bits per heavy atom. The lowest BCUT2D eigenvalue weighted by atomic mass is 9.95. The van der Waals surface area contributed by atoms with E-state index in [1.807, 2.05) is 11.3 Å². The van der Waals surface area contributed by atoms with Crippen LogP contribution >= 0.6 is 11.3 Å². The molecule has 0 spiro atoms. The molecule has 0 N–H and O–H groups in total. The van der Waals surface area contributed by atoms with Gasteiger partial charge >= 0.3 is 0 Å². The summed E-state index contributed by atoms with van der Waals surface area (Å²) in [6.07, 6.45) is 0. The third kappa shape index (κ3) is 4.07. The van der Waals surface area contributed by atoms with Crippen LogP contribution in [0.3, 0.4) is 0 Å². The van der Waals surface area contributed by atoms with Gasteiger partial charge in [0.05, 0.1) is 0 Å². The third-order valence-electron chi connectivity index (χ3n) is 8.79. The van der Waals surface area contributed by atoms with Crippen LogP contribution in [0, 0.1) is 0 Å². The highest BCUT2D eigenvalue weighted by atomic mass is 32.1. The molecule has 9 aromatic rings. The van der Waals surface area contributed by atoms with Crippen LogP contribution in [0.1, 0.15) is 0 Å². The molecule has 1 heterocycles. The molecule has 0 saturated carbocycles. The zero-order valence-corrected chi connectivity index (χ0v) is 24.8. The van der Waals surface area contributed by atoms with Crippen LogP contribution in [-0.4, -0.2) is 0 Å². The fraction of sp³-hybridized carbons (Fsp3) is 0. The highest BCUT2D eigenvalue weighted by Crippen LogP contribution is 2.45. The standard InChI is InChI=1S/C42H27NS/c1-2-12-30(13-3-1)38-27-40-39-26-35(22-23-41(39)44-42(40)37-17-9-8-16-36(37)38)43(33-20-18-28-10-4-6-14-31(28)24-33)34-21-19-29-11-5-7-15-32(29)25-34/h1-27H. The van der Waals surface area contributed by atoms with Crippen molar-refractivity contribution in [1.82, 2.24) is 0 Å². The van der Waals surface area contributed by atoms with Crippen molar-refractivity contribution in [3.63, 3.8) is 0 Å². The molecule has 0 aliphatic heterocycles. The minimum Gasteiger partial charge on any atom is -0.310 e. The molecule has 0 fully saturated rings. The maximum absolute atomic E-state index is 2.41. The van der Waals surface area contributed by atoms with Gasteiger partial charge in [0.15, 0.2) is 0 Å². The summed E-state index contributed by atoms with van der Waals surface area (Å²) < 4.78 is 2.64. The van der Waals surface area contributed by atoms with Gasteiger partial charge in [-0.25, -0.2) is 0 Å². The lowest BCUT2D eigenvalue weighted by Crippen LogP contribution is -2.09. The van der Waals surface area contributed by atoms with Gasteiger partial charge in [-0.1, -0.05) is 115 Å². The molecular formula is C42H27NS. The quantitative estimate of drug-likeness (QED) is 0.201. The van der Waals surface area contributed by atoms with E-state index in [4.69, 9.17) is 0 Å². The number of anilines is 3. The second kappa shape index (κ2) is 10.1. The molecule has 1 nitrogen and oxygen atoms in total. The maximum Gasteiger partial charge on any atom is 0.0468 e. The van der Waals surface area contributed by atoms with Crippen molar-refractivity contribution in [2.45, 2.75) is 0 Å². The summed E-state index contributed by atoms with van der Waals surface area (Å²) in [5.41, 5.74) is 5.97. The van der Waals surface area contributed by atoms with E-state index in [1.54, 1.807) is 0 Å². The van der Waals surface area contributed by atoms with Gasteiger partial charge in [-0.3, -0.25) is 0 Å². The normalized spacial score (nSPS) is 11.6. The molecule has 1 aromatic heterocycles. The first-order valence-corrected chi connectivity index (χ1v) is 15.8. The van der Waals surface area contributed by atoms with Crippen molar-refractivity contribution >= 4 is 80.9 Å². The predicted molar refractivity (Wildman–Crippen MR) is 192 cm³/mol. The monoisotopic (exact) mass is 577 g/mol. The molecule has 0 aliphatic rings. The SMILES string of the molecule is c1ccc(-c2cc3c4cc(N(c5ccc6ccccc6c5)c5ccc6ccccc6c5)ccc4sc3c3ccccc23)cc1. The smallest absolute Gasteiger partial charge is 0.0468 e. The molecule has 206 valence electrons. The lowest BCUT2D eigenvalue weighted by Gasteiger charge is -2.26. The fourth-order valence-electron chi connectivity index (χ4n) is 6.66. The van der Waals surface area contributed by atoms with Crippen LogP contribution < -0.4 is 4.90 Å². The highest BCUT2D eigenvalue weighted by molar-refractivity contribution is 7.26. The Hall–Kier alpha value is -5.44. The van der Waals surface area contributed by atoms with Gasteiger partial charge in [-0.2, -0.15) is 0 Å². The van der Waals surface area contributed by atoms with Crippen molar-refractivity contribution in [3.05, 3.63) is 164 Å². The van der Waals surface area contributed by atoms with Gasteiger partial charge in [0.1, 0.15) is 0 Å². The minimum atomic E-state index is 1.15. The van der Waals surface area contributed by atoms with E-state index in [0.29, 0.717) is 0 Å². The predicted octanol–water partition coefficient (Wildman–Crippen LogP) is 12.7. The van der Waals surface area contributed by atoms with Crippen LogP contribution in [0.25, 0.3) is 63.6 Å². The molecule has 0 aliphatic carbocycles. The van der Waals surface area contributed by atoms with Gasteiger partial charge in [-0.15, -0.1) is 11.3 Å². The number of hydrogen-bond acceptors (Lipinski definition) is 2. The lowest BCUT2D eigenvalue weighted by molar-refractivity contribution is 1.30. The van der Waals surface area contributed by atoms with E-state index in [9.17, 15) is 0 Å². The number of hydrogen-bond donors (Lipinski definition) is 0. The molecule has 0 radical (unpaired) electrons. The minimum absolute atomic E-state index is 1.15. The number of rotatable bonds is 4. The Balaban J connectivity index is 1.31. The molecule has 0 saturated heterocycles. The topological polar surface area (TPSA) is 3.24 Å². The largest absolute Gasteiger partial charge is 0.310 e. The average Bonchev–Trinajstić information content (AvgIpc) is 3.46. The molecule has 9 rings (SSSR count).